The van der Waals surface area contributed by atoms with Crippen LogP contribution in [0.15, 0.2) is 0 Å². The first-order chi connectivity index (χ1) is 6.24. The van der Waals surface area contributed by atoms with Crippen LogP contribution in [0.2, 0.25) is 0 Å². The molecule has 1 amide bonds. The lowest BCUT2D eigenvalue weighted by Gasteiger charge is -2.30. The monoisotopic (exact) mass is 187 g/mol. The lowest BCUT2D eigenvalue weighted by molar-refractivity contribution is -0.134. The van der Waals surface area contributed by atoms with Crippen LogP contribution in [0.3, 0.4) is 0 Å². The van der Waals surface area contributed by atoms with Gasteiger partial charge in [-0.3, -0.25) is 4.79 Å². The number of aliphatic hydroxyl groups excluding tert-OH is 2. The molecule has 1 saturated heterocycles. The number of nitrogens with zero attached hydrogens (tertiary/aromatic N) is 1. The fourth-order valence-corrected chi connectivity index (χ4v) is 1.57. The zero-order valence-electron chi connectivity index (χ0n) is 7.78. The summed E-state index contributed by atoms with van der Waals surface area (Å²) in [6.07, 6.45) is 2.23. The second-order valence-electron chi connectivity index (χ2n) is 3.46. The van der Waals surface area contributed by atoms with Crippen molar-refractivity contribution >= 4 is 5.91 Å². The number of carbonyl (C=O) groups is 1. The van der Waals surface area contributed by atoms with Gasteiger partial charge in [-0.25, -0.2) is 0 Å². The zero-order valence-corrected chi connectivity index (χ0v) is 7.78. The molecule has 76 valence electrons. The van der Waals surface area contributed by atoms with Gasteiger partial charge >= 0.3 is 0 Å². The normalized spacial score (nSPS) is 23.2. The van der Waals surface area contributed by atoms with Gasteiger partial charge in [-0.2, -0.15) is 0 Å². The fourth-order valence-electron chi connectivity index (χ4n) is 1.57. The van der Waals surface area contributed by atoms with Crippen molar-refractivity contribution in [2.75, 3.05) is 19.7 Å². The highest BCUT2D eigenvalue weighted by Gasteiger charge is 2.21. The molecule has 0 saturated carbocycles. The van der Waals surface area contributed by atoms with E-state index < -0.39 is 0 Å². The highest BCUT2D eigenvalue weighted by atomic mass is 16.3. The van der Waals surface area contributed by atoms with E-state index in [-0.39, 0.29) is 18.6 Å². The Morgan fingerprint density at radius 3 is 2.92 bits per heavy atom. The number of aliphatic hydroxyl groups is 2. The first-order valence-corrected chi connectivity index (χ1v) is 4.80. The first-order valence-electron chi connectivity index (χ1n) is 4.80. The van der Waals surface area contributed by atoms with E-state index in [9.17, 15) is 9.90 Å². The van der Waals surface area contributed by atoms with E-state index in [1.165, 1.54) is 0 Å². The number of rotatable bonds is 3. The van der Waals surface area contributed by atoms with Gasteiger partial charge in [0.15, 0.2) is 0 Å². The topological polar surface area (TPSA) is 60.8 Å². The molecule has 4 heteroatoms. The number of β-amino-alcohol motifs (C(OH)–C–C–N with tert-alkyl or cyclic N) is 1. The van der Waals surface area contributed by atoms with Crippen LogP contribution in [0, 0.1) is 0 Å². The number of amides is 1. The van der Waals surface area contributed by atoms with E-state index in [0.717, 1.165) is 19.4 Å². The second kappa shape index (κ2) is 5.19. The molecule has 0 radical (unpaired) electrons. The van der Waals surface area contributed by atoms with Crippen LogP contribution < -0.4 is 0 Å². The maximum absolute atomic E-state index is 11.4. The van der Waals surface area contributed by atoms with Gasteiger partial charge in [0.25, 0.3) is 0 Å². The summed E-state index contributed by atoms with van der Waals surface area (Å²) >= 11 is 0. The van der Waals surface area contributed by atoms with Crippen molar-refractivity contribution in [3.8, 4) is 0 Å². The highest BCUT2D eigenvalue weighted by Crippen LogP contribution is 2.11. The molecule has 0 unspecified atom stereocenters. The second-order valence-corrected chi connectivity index (χ2v) is 3.46. The Bertz CT molecular complexity index is 172. The van der Waals surface area contributed by atoms with Crippen molar-refractivity contribution in [2.24, 2.45) is 0 Å². The molecule has 13 heavy (non-hydrogen) atoms. The molecular formula is C9H17NO3. The predicted molar refractivity (Wildman–Crippen MR) is 48.1 cm³/mol. The highest BCUT2D eigenvalue weighted by molar-refractivity contribution is 5.76. The molecule has 0 bridgehead atoms. The van der Waals surface area contributed by atoms with Crippen LogP contribution >= 0.6 is 0 Å². The van der Waals surface area contributed by atoms with Crippen molar-refractivity contribution in [1.29, 1.82) is 0 Å². The number of hydrogen-bond donors (Lipinski definition) is 2. The van der Waals surface area contributed by atoms with Gasteiger partial charge in [0.05, 0.1) is 6.10 Å². The van der Waals surface area contributed by atoms with E-state index >= 15 is 0 Å². The van der Waals surface area contributed by atoms with E-state index in [2.05, 4.69) is 0 Å². The molecule has 0 aliphatic carbocycles. The minimum absolute atomic E-state index is 0.0489. The minimum Gasteiger partial charge on any atom is -0.396 e. The molecule has 1 aliphatic heterocycles. The standard InChI is InChI=1S/C9H17NO3/c11-6-2-4-9(13)10-5-1-3-8(12)7-10/h8,11-12H,1-7H2/t8-/m0/s1. The van der Waals surface area contributed by atoms with E-state index in [4.69, 9.17) is 5.11 Å². The van der Waals surface area contributed by atoms with Crippen molar-refractivity contribution < 1.29 is 15.0 Å². The van der Waals surface area contributed by atoms with Crippen molar-refractivity contribution in [2.45, 2.75) is 31.8 Å². The van der Waals surface area contributed by atoms with Gasteiger partial charge in [-0.1, -0.05) is 0 Å². The van der Waals surface area contributed by atoms with Gasteiger partial charge in [0.2, 0.25) is 5.91 Å². The molecule has 1 aliphatic rings. The Kier molecular flexibility index (Phi) is 4.18. The van der Waals surface area contributed by atoms with E-state index in [1.54, 1.807) is 4.90 Å². The van der Waals surface area contributed by atoms with Crippen LogP contribution in [0.4, 0.5) is 0 Å². The summed E-state index contributed by atoms with van der Waals surface area (Å²) < 4.78 is 0. The van der Waals surface area contributed by atoms with Gasteiger partial charge in [0.1, 0.15) is 0 Å². The lowest BCUT2D eigenvalue weighted by Crippen LogP contribution is -2.42. The number of likely N-dealkylation sites (tertiary alicyclic amines) is 1. The molecule has 1 heterocycles. The Balaban J connectivity index is 2.28. The third-order valence-electron chi connectivity index (χ3n) is 2.30. The van der Waals surface area contributed by atoms with E-state index in [0.29, 0.717) is 19.4 Å². The summed E-state index contributed by atoms with van der Waals surface area (Å²) in [5, 5.41) is 17.9. The quantitative estimate of drug-likeness (QED) is 0.640. The molecule has 1 atom stereocenters. The fraction of sp³-hybridized carbons (Fsp3) is 0.889. The average Bonchev–Trinajstić information content (AvgIpc) is 2.14. The number of hydrogen-bond acceptors (Lipinski definition) is 3. The predicted octanol–water partition coefficient (Wildman–Crippen LogP) is -0.258. The zero-order chi connectivity index (χ0) is 9.68. The van der Waals surface area contributed by atoms with Gasteiger partial charge in [-0.05, 0) is 19.3 Å². The smallest absolute Gasteiger partial charge is 0.222 e. The molecule has 0 aromatic carbocycles. The maximum Gasteiger partial charge on any atom is 0.222 e. The Morgan fingerprint density at radius 2 is 2.31 bits per heavy atom. The van der Waals surface area contributed by atoms with Crippen molar-refractivity contribution in [3.05, 3.63) is 0 Å². The molecule has 1 fully saturated rings. The first kappa shape index (κ1) is 10.5. The summed E-state index contributed by atoms with van der Waals surface area (Å²) in [5.74, 6) is 0.0489. The van der Waals surface area contributed by atoms with E-state index in [1.807, 2.05) is 0 Å². The minimum atomic E-state index is -0.355. The number of piperidine rings is 1. The average molecular weight is 187 g/mol. The molecule has 4 nitrogen and oxygen atoms in total. The Hall–Kier alpha value is -0.610. The van der Waals surface area contributed by atoms with Crippen LogP contribution in [0.5, 0.6) is 0 Å². The molecule has 0 aromatic heterocycles. The summed E-state index contributed by atoms with van der Waals surface area (Å²) in [6.45, 7) is 1.27. The lowest BCUT2D eigenvalue weighted by atomic mass is 10.1. The maximum atomic E-state index is 11.4. The van der Waals surface area contributed by atoms with Crippen molar-refractivity contribution in [3.63, 3.8) is 0 Å². The van der Waals surface area contributed by atoms with Crippen LogP contribution in [0.25, 0.3) is 0 Å². The Morgan fingerprint density at radius 1 is 1.54 bits per heavy atom. The van der Waals surface area contributed by atoms with Gasteiger partial charge < -0.3 is 15.1 Å². The van der Waals surface area contributed by atoms with Crippen LogP contribution in [-0.2, 0) is 4.79 Å². The molecule has 1 rings (SSSR count). The summed E-state index contributed by atoms with van der Waals surface area (Å²) in [5.41, 5.74) is 0. The van der Waals surface area contributed by atoms with Crippen LogP contribution in [-0.4, -0.2) is 46.8 Å². The summed E-state index contributed by atoms with van der Waals surface area (Å²) in [7, 11) is 0. The van der Waals surface area contributed by atoms with Crippen LogP contribution in [0.1, 0.15) is 25.7 Å². The third kappa shape index (κ3) is 3.32. The summed E-state index contributed by atoms with van der Waals surface area (Å²) in [4.78, 5) is 13.1. The van der Waals surface area contributed by atoms with Crippen molar-refractivity contribution in [1.82, 2.24) is 4.90 Å². The molecule has 0 spiro atoms. The van der Waals surface area contributed by atoms with Gasteiger partial charge in [-0.15, -0.1) is 0 Å². The molecule has 0 aromatic rings. The third-order valence-corrected chi connectivity index (χ3v) is 2.30. The number of carbonyl (C=O) groups excluding carboxylic acids is 1. The molecular weight excluding hydrogens is 170 g/mol. The SMILES string of the molecule is O=C(CCCO)N1CCC[C@H](O)C1. The largest absolute Gasteiger partial charge is 0.396 e. The van der Waals surface area contributed by atoms with Gasteiger partial charge in [0, 0.05) is 26.1 Å². The molecule has 2 N–H and O–H groups in total. The Labute approximate surface area is 78.2 Å². The summed E-state index contributed by atoms with van der Waals surface area (Å²) in [6, 6.07) is 0.